The standard InChI is InChI=1S/C10H13N5O2S/c11-18(16,17)7-1-4-13-9-3-2-8-10(15-9)14-6-5-12-8/h2-3,5-6H,1,4,7H2,(H2,11,16,17)(H,13,14,15). The smallest absolute Gasteiger partial charge is 0.209 e. The first-order chi connectivity index (χ1) is 8.54. The van der Waals surface area contributed by atoms with Crippen LogP contribution in [0.1, 0.15) is 6.42 Å². The number of nitrogens with zero attached hydrogens (tertiary/aromatic N) is 3. The number of primary sulfonamides is 1. The van der Waals surface area contributed by atoms with Crippen LogP contribution in [0.4, 0.5) is 5.82 Å². The quantitative estimate of drug-likeness (QED) is 0.744. The van der Waals surface area contributed by atoms with Crippen LogP contribution in [0.2, 0.25) is 0 Å². The highest BCUT2D eigenvalue weighted by atomic mass is 32.2. The number of fused-ring (bicyclic) bond motifs is 1. The first-order valence-corrected chi connectivity index (χ1v) is 7.08. The highest BCUT2D eigenvalue weighted by Gasteiger charge is 2.02. The molecule has 2 aromatic heterocycles. The van der Waals surface area contributed by atoms with Crippen molar-refractivity contribution in [2.24, 2.45) is 5.14 Å². The largest absolute Gasteiger partial charge is 0.370 e. The van der Waals surface area contributed by atoms with E-state index >= 15 is 0 Å². The van der Waals surface area contributed by atoms with E-state index in [0.29, 0.717) is 29.9 Å². The van der Waals surface area contributed by atoms with E-state index < -0.39 is 10.0 Å². The molecule has 0 unspecified atom stereocenters. The third-order valence-corrected chi connectivity index (χ3v) is 3.10. The van der Waals surface area contributed by atoms with E-state index in [1.807, 2.05) is 0 Å². The molecule has 2 aromatic rings. The number of nitrogens with two attached hydrogens (primary N) is 1. The number of anilines is 1. The molecule has 0 aliphatic carbocycles. The number of aromatic nitrogens is 3. The van der Waals surface area contributed by atoms with Crippen LogP contribution in [-0.2, 0) is 10.0 Å². The molecule has 0 amide bonds. The summed E-state index contributed by atoms with van der Waals surface area (Å²) in [6.07, 6.45) is 3.60. The number of sulfonamides is 1. The molecule has 8 heteroatoms. The molecule has 0 aliphatic heterocycles. The van der Waals surface area contributed by atoms with E-state index in [9.17, 15) is 8.42 Å². The molecular formula is C10H13N5O2S. The fourth-order valence-corrected chi connectivity index (χ4v) is 1.99. The number of pyridine rings is 1. The average molecular weight is 267 g/mol. The van der Waals surface area contributed by atoms with Crippen LogP contribution in [0.3, 0.4) is 0 Å². The van der Waals surface area contributed by atoms with Crippen LogP contribution in [0, 0.1) is 0 Å². The molecule has 2 rings (SSSR count). The van der Waals surface area contributed by atoms with Gasteiger partial charge in [-0.3, -0.25) is 4.98 Å². The van der Waals surface area contributed by atoms with Crippen LogP contribution >= 0.6 is 0 Å². The predicted molar refractivity (Wildman–Crippen MR) is 68.4 cm³/mol. The van der Waals surface area contributed by atoms with E-state index in [1.54, 1.807) is 24.5 Å². The van der Waals surface area contributed by atoms with Crippen LogP contribution < -0.4 is 10.5 Å². The lowest BCUT2D eigenvalue weighted by atomic mass is 10.4. The lowest BCUT2D eigenvalue weighted by Crippen LogP contribution is -2.18. The molecule has 0 aromatic carbocycles. The maximum absolute atomic E-state index is 10.7. The van der Waals surface area contributed by atoms with Gasteiger partial charge in [-0.1, -0.05) is 0 Å². The summed E-state index contributed by atoms with van der Waals surface area (Å²) in [7, 11) is -3.40. The Kier molecular flexibility index (Phi) is 3.68. The third kappa shape index (κ3) is 3.60. The summed E-state index contributed by atoms with van der Waals surface area (Å²) in [4.78, 5) is 12.4. The summed E-state index contributed by atoms with van der Waals surface area (Å²) in [6.45, 7) is 0.481. The van der Waals surface area contributed by atoms with E-state index in [2.05, 4.69) is 20.3 Å². The van der Waals surface area contributed by atoms with Crippen molar-refractivity contribution in [3.63, 3.8) is 0 Å². The number of hydrogen-bond donors (Lipinski definition) is 2. The van der Waals surface area contributed by atoms with Crippen molar-refractivity contribution in [1.29, 1.82) is 0 Å². The normalized spacial score (nSPS) is 11.6. The van der Waals surface area contributed by atoms with Gasteiger partial charge in [-0.05, 0) is 18.6 Å². The fraction of sp³-hybridized carbons (Fsp3) is 0.300. The van der Waals surface area contributed by atoms with Crippen molar-refractivity contribution in [2.75, 3.05) is 17.6 Å². The fourth-order valence-electron chi connectivity index (χ4n) is 1.44. The zero-order chi connectivity index (χ0) is 13.0. The summed E-state index contributed by atoms with van der Waals surface area (Å²) < 4.78 is 21.5. The van der Waals surface area contributed by atoms with Crippen LogP contribution in [0.25, 0.3) is 11.2 Å². The maximum Gasteiger partial charge on any atom is 0.209 e. The highest BCUT2D eigenvalue weighted by molar-refractivity contribution is 7.89. The lowest BCUT2D eigenvalue weighted by Gasteiger charge is -2.05. The number of hydrogen-bond acceptors (Lipinski definition) is 6. The SMILES string of the molecule is NS(=O)(=O)CCCNc1ccc2nccnc2n1. The zero-order valence-corrected chi connectivity index (χ0v) is 10.4. The van der Waals surface area contributed by atoms with Crippen molar-refractivity contribution >= 4 is 27.0 Å². The summed E-state index contributed by atoms with van der Waals surface area (Å²) in [5, 5.41) is 7.91. The Morgan fingerprint density at radius 3 is 2.78 bits per heavy atom. The minimum absolute atomic E-state index is 0.0482. The van der Waals surface area contributed by atoms with E-state index in [-0.39, 0.29) is 5.75 Å². The molecule has 2 heterocycles. The topological polar surface area (TPSA) is 111 Å². The highest BCUT2D eigenvalue weighted by Crippen LogP contribution is 2.09. The molecule has 0 aliphatic rings. The number of nitrogens with one attached hydrogen (secondary N) is 1. The monoisotopic (exact) mass is 267 g/mol. The van der Waals surface area contributed by atoms with Crippen LogP contribution in [0.5, 0.6) is 0 Å². The van der Waals surface area contributed by atoms with Gasteiger partial charge in [-0.15, -0.1) is 0 Å². The zero-order valence-electron chi connectivity index (χ0n) is 9.57. The molecule has 0 atom stereocenters. The van der Waals surface area contributed by atoms with Crippen molar-refractivity contribution in [1.82, 2.24) is 15.0 Å². The summed E-state index contributed by atoms with van der Waals surface area (Å²) in [6, 6.07) is 3.57. The second-order valence-corrected chi connectivity index (χ2v) is 5.48. The van der Waals surface area contributed by atoms with Gasteiger partial charge in [-0.2, -0.15) is 0 Å². The molecule has 0 saturated carbocycles. The molecule has 0 spiro atoms. The molecular weight excluding hydrogens is 254 g/mol. The third-order valence-electron chi connectivity index (χ3n) is 2.24. The first-order valence-electron chi connectivity index (χ1n) is 5.37. The Hall–Kier alpha value is -1.80. The molecule has 18 heavy (non-hydrogen) atoms. The van der Waals surface area contributed by atoms with Crippen LogP contribution in [-0.4, -0.2) is 35.7 Å². The molecule has 0 radical (unpaired) electrons. The second kappa shape index (κ2) is 5.23. The van der Waals surface area contributed by atoms with Gasteiger partial charge in [0.05, 0.1) is 5.75 Å². The second-order valence-electron chi connectivity index (χ2n) is 3.74. The van der Waals surface area contributed by atoms with Gasteiger partial charge in [0.25, 0.3) is 0 Å². The molecule has 0 bridgehead atoms. The van der Waals surface area contributed by atoms with E-state index in [0.717, 1.165) is 0 Å². The Morgan fingerprint density at radius 1 is 1.22 bits per heavy atom. The lowest BCUT2D eigenvalue weighted by molar-refractivity contribution is 0.595. The Labute approximate surface area is 105 Å². The van der Waals surface area contributed by atoms with Crippen LogP contribution in [0.15, 0.2) is 24.5 Å². The average Bonchev–Trinajstić information content (AvgIpc) is 2.33. The summed E-state index contributed by atoms with van der Waals surface area (Å²) >= 11 is 0. The maximum atomic E-state index is 10.7. The molecule has 7 nitrogen and oxygen atoms in total. The van der Waals surface area contributed by atoms with Gasteiger partial charge < -0.3 is 5.32 Å². The summed E-state index contributed by atoms with van der Waals surface area (Å²) in [5.74, 6) is 0.588. The van der Waals surface area contributed by atoms with Gasteiger partial charge in [0, 0.05) is 18.9 Å². The van der Waals surface area contributed by atoms with Crippen molar-refractivity contribution in [2.45, 2.75) is 6.42 Å². The van der Waals surface area contributed by atoms with Crippen molar-refractivity contribution in [3.8, 4) is 0 Å². The first kappa shape index (κ1) is 12.7. The minimum atomic E-state index is -3.40. The summed E-state index contributed by atoms with van der Waals surface area (Å²) in [5.41, 5.74) is 1.27. The molecule has 3 N–H and O–H groups in total. The Morgan fingerprint density at radius 2 is 2.00 bits per heavy atom. The van der Waals surface area contributed by atoms with Gasteiger partial charge >= 0.3 is 0 Å². The molecule has 96 valence electrons. The molecule has 0 saturated heterocycles. The Balaban J connectivity index is 1.96. The van der Waals surface area contributed by atoms with Crippen molar-refractivity contribution in [3.05, 3.63) is 24.5 Å². The minimum Gasteiger partial charge on any atom is -0.370 e. The van der Waals surface area contributed by atoms with E-state index in [1.165, 1.54) is 0 Å². The van der Waals surface area contributed by atoms with Gasteiger partial charge in [-0.25, -0.2) is 23.5 Å². The van der Waals surface area contributed by atoms with E-state index in [4.69, 9.17) is 5.14 Å². The molecule has 0 fully saturated rings. The van der Waals surface area contributed by atoms with Crippen molar-refractivity contribution < 1.29 is 8.42 Å². The predicted octanol–water partition coefficient (Wildman–Crippen LogP) is 0.115. The van der Waals surface area contributed by atoms with Gasteiger partial charge in [0.2, 0.25) is 10.0 Å². The Bertz CT molecular complexity index is 644. The van der Waals surface area contributed by atoms with Gasteiger partial charge in [0.1, 0.15) is 11.3 Å². The van der Waals surface area contributed by atoms with Gasteiger partial charge in [0.15, 0.2) is 5.65 Å². The number of rotatable bonds is 5.